The molecule has 1 fully saturated rings. The minimum Gasteiger partial charge on any atom is -0.496 e. The van der Waals surface area contributed by atoms with Crippen LogP contribution in [-0.2, 0) is 6.54 Å². The van der Waals surface area contributed by atoms with Crippen molar-refractivity contribution in [2.24, 2.45) is 0 Å². The van der Waals surface area contributed by atoms with Gasteiger partial charge in [-0.15, -0.1) is 0 Å². The van der Waals surface area contributed by atoms with Crippen molar-refractivity contribution in [3.8, 4) is 5.75 Å². The second-order valence-corrected chi connectivity index (χ2v) is 8.25. The molecule has 1 aliphatic rings. The number of likely N-dealkylation sites (tertiary alicyclic amines) is 1. The van der Waals surface area contributed by atoms with E-state index in [0.717, 1.165) is 55.0 Å². The van der Waals surface area contributed by atoms with Crippen molar-refractivity contribution >= 4 is 29.1 Å². The number of nitrogens with zero attached hydrogens (tertiary/aromatic N) is 4. The van der Waals surface area contributed by atoms with E-state index in [2.05, 4.69) is 21.8 Å². The molecule has 0 bridgehead atoms. The summed E-state index contributed by atoms with van der Waals surface area (Å²) in [6.45, 7) is 6.64. The van der Waals surface area contributed by atoms with Crippen molar-refractivity contribution < 1.29 is 9.53 Å². The summed E-state index contributed by atoms with van der Waals surface area (Å²) < 4.78 is 5.51. The van der Waals surface area contributed by atoms with Crippen molar-refractivity contribution in [2.45, 2.75) is 39.3 Å². The summed E-state index contributed by atoms with van der Waals surface area (Å²) in [5, 5.41) is 0.445. The van der Waals surface area contributed by atoms with Crippen molar-refractivity contribution in [2.75, 3.05) is 27.2 Å². The first-order valence-corrected chi connectivity index (χ1v) is 10.4. The molecule has 1 amide bonds. The van der Waals surface area contributed by atoms with E-state index in [1.165, 1.54) is 0 Å². The summed E-state index contributed by atoms with van der Waals surface area (Å²) in [6.07, 6.45) is 3.67. The van der Waals surface area contributed by atoms with Gasteiger partial charge in [0.05, 0.1) is 12.8 Å². The van der Waals surface area contributed by atoms with E-state index in [4.69, 9.17) is 27.9 Å². The maximum absolute atomic E-state index is 12.8. The van der Waals surface area contributed by atoms with Crippen molar-refractivity contribution in [1.82, 2.24) is 19.8 Å². The number of carbonyl (C=O) groups excluding carboxylic acids is 1. The molecule has 0 spiro atoms. The van der Waals surface area contributed by atoms with Gasteiger partial charge >= 0.3 is 0 Å². The molecule has 0 aromatic carbocycles. The molecule has 0 aliphatic carbocycles. The molecule has 156 valence electrons. The van der Waals surface area contributed by atoms with Gasteiger partial charge in [0.15, 0.2) is 0 Å². The molecule has 0 N–H and O–H groups in total. The second kappa shape index (κ2) is 9.28. The van der Waals surface area contributed by atoms with Gasteiger partial charge in [-0.25, -0.2) is 4.98 Å². The maximum atomic E-state index is 12.8. The monoisotopic (exact) mass is 436 g/mol. The fraction of sp³-hybridized carbons (Fsp3) is 0.476. The molecule has 3 heterocycles. The molecule has 8 heteroatoms. The normalized spacial score (nSPS) is 15.4. The highest BCUT2D eigenvalue weighted by Gasteiger charge is 2.27. The molecular weight excluding hydrogens is 411 g/mol. The summed E-state index contributed by atoms with van der Waals surface area (Å²) in [6, 6.07) is 3.28. The largest absolute Gasteiger partial charge is 0.496 e. The van der Waals surface area contributed by atoms with Gasteiger partial charge in [-0.2, -0.15) is 0 Å². The molecule has 6 nitrogen and oxygen atoms in total. The van der Waals surface area contributed by atoms with Gasteiger partial charge in [0.1, 0.15) is 16.1 Å². The van der Waals surface area contributed by atoms with Gasteiger partial charge in [0.2, 0.25) is 0 Å². The van der Waals surface area contributed by atoms with E-state index in [1.54, 1.807) is 24.1 Å². The fourth-order valence-corrected chi connectivity index (χ4v) is 4.33. The van der Waals surface area contributed by atoms with Crippen molar-refractivity contribution in [3.63, 3.8) is 0 Å². The smallest absolute Gasteiger partial charge is 0.254 e. The number of aromatic nitrogens is 2. The molecule has 0 radical (unpaired) electrons. The lowest BCUT2D eigenvalue weighted by Gasteiger charge is -2.37. The Hall–Kier alpha value is -1.89. The van der Waals surface area contributed by atoms with Crippen LogP contribution in [0.2, 0.25) is 10.3 Å². The highest BCUT2D eigenvalue weighted by molar-refractivity contribution is 6.33. The topological polar surface area (TPSA) is 58.6 Å². The van der Waals surface area contributed by atoms with Gasteiger partial charge < -0.3 is 9.64 Å². The lowest BCUT2D eigenvalue weighted by atomic mass is 10.0. The molecule has 1 saturated heterocycles. The Bertz CT molecular complexity index is 878. The lowest BCUT2D eigenvalue weighted by Crippen LogP contribution is -2.45. The minimum atomic E-state index is -0.0876. The first kappa shape index (κ1) is 21.8. The Labute approximate surface area is 181 Å². The zero-order valence-electron chi connectivity index (χ0n) is 17.2. The average molecular weight is 437 g/mol. The van der Waals surface area contributed by atoms with Gasteiger partial charge in [-0.05, 0) is 38.8 Å². The SMILES string of the molecule is COc1c(C)cnc(CN2CCC(N(C)C(=O)c3cc(Cl)nc(Cl)c3)CC2)c1C. The molecule has 0 saturated carbocycles. The molecule has 29 heavy (non-hydrogen) atoms. The Morgan fingerprint density at radius 2 is 1.86 bits per heavy atom. The van der Waals surface area contributed by atoms with Gasteiger partial charge in [0.25, 0.3) is 5.91 Å². The third-order valence-electron chi connectivity index (χ3n) is 5.56. The van der Waals surface area contributed by atoms with Crippen LogP contribution in [0.15, 0.2) is 18.3 Å². The third-order valence-corrected chi connectivity index (χ3v) is 5.95. The summed E-state index contributed by atoms with van der Waals surface area (Å²) >= 11 is 11.9. The molecule has 2 aromatic rings. The minimum absolute atomic E-state index is 0.0876. The summed E-state index contributed by atoms with van der Waals surface area (Å²) in [7, 11) is 3.53. The molecule has 2 aromatic heterocycles. The van der Waals surface area contributed by atoms with Crippen LogP contribution in [0.5, 0.6) is 5.75 Å². The van der Waals surface area contributed by atoms with Crippen molar-refractivity contribution in [1.29, 1.82) is 0 Å². The molecule has 0 unspecified atom stereocenters. The van der Waals surface area contributed by atoms with Crippen LogP contribution in [0.4, 0.5) is 0 Å². The number of carbonyl (C=O) groups is 1. The quantitative estimate of drug-likeness (QED) is 0.658. The number of pyridine rings is 2. The number of methoxy groups -OCH3 is 1. The number of amides is 1. The summed E-state index contributed by atoms with van der Waals surface area (Å²) in [5.41, 5.74) is 3.64. The number of piperidine rings is 1. The predicted octanol–water partition coefficient (Wildman–Crippen LogP) is 4.15. The standard InChI is InChI=1S/C21H26Cl2N4O2/c1-13-11-24-17(14(2)20(13)29-4)12-27-7-5-16(6-8-27)26(3)21(28)15-9-18(22)25-19(23)10-15/h9-11,16H,5-8,12H2,1-4H3. The molecule has 3 rings (SSSR count). The zero-order valence-corrected chi connectivity index (χ0v) is 18.7. The van der Waals surface area contributed by atoms with E-state index in [1.807, 2.05) is 20.2 Å². The van der Waals surface area contributed by atoms with E-state index in [-0.39, 0.29) is 22.3 Å². The number of ether oxygens (including phenoxy) is 1. The number of hydrogen-bond acceptors (Lipinski definition) is 5. The predicted molar refractivity (Wildman–Crippen MR) is 115 cm³/mol. The average Bonchev–Trinajstić information content (AvgIpc) is 2.69. The van der Waals surface area contributed by atoms with Crippen LogP contribution in [0.1, 0.15) is 40.0 Å². The van der Waals surface area contributed by atoms with Gasteiger partial charge in [-0.1, -0.05) is 23.2 Å². The summed E-state index contributed by atoms with van der Waals surface area (Å²) in [5.74, 6) is 0.820. The van der Waals surface area contributed by atoms with Gasteiger partial charge in [-0.3, -0.25) is 14.7 Å². The Morgan fingerprint density at radius 3 is 2.45 bits per heavy atom. The summed E-state index contributed by atoms with van der Waals surface area (Å²) in [4.78, 5) is 25.5. The first-order chi connectivity index (χ1) is 13.8. The van der Waals surface area contributed by atoms with Crippen LogP contribution < -0.4 is 4.74 Å². The second-order valence-electron chi connectivity index (χ2n) is 7.47. The zero-order chi connectivity index (χ0) is 21.1. The van der Waals surface area contributed by atoms with E-state index in [0.29, 0.717) is 5.56 Å². The van der Waals surface area contributed by atoms with Crippen LogP contribution in [-0.4, -0.2) is 59.0 Å². The van der Waals surface area contributed by atoms with Crippen LogP contribution in [0.25, 0.3) is 0 Å². The maximum Gasteiger partial charge on any atom is 0.254 e. The Morgan fingerprint density at radius 1 is 1.24 bits per heavy atom. The first-order valence-electron chi connectivity index (χ1n) is 9.61. The van der Waals surface area contributed by atoms with E-state index >= 15 is 0 Å². The molecular formula is C21H26Cl2N4O2. The third kappa shape index (κ3) is 5.00. The number of hydrogen-bond donors (Lipinski definition) is 0. The Kier molecular flexibility index (Phi) is 6.98. The van der Waals surface area contributed by atoms with Gasteiger partial charge in [0, 0.05) is 55.6 Å². The Balaban J connectivity index is 1.61. The van der Waals surface area contributed by atoms with E-state index in [9.17, 15) is 4.79 Å². The number of halogens is 2. The highest BCUT2D eigenvalue weighted by Crippen LogP contribution is 2.26. The van der Waals surface area contributed by atoms with Crippen LogP contribution >= 0.6 is 23.2 Å². The van der Waals surface area contributed by atoms with Crippen molar-refractivity contribution in [3.05, 3.63) is 51.0 Å². The molecule has 0 atom stereocenters. The van der Waals surface area contributed by atoms with Crippen LogP contribution in [0, 0.1) is 13.8 Å². The lowest BCUT2D eigenvalue weighted by molar-refractivity contribution is 0.0635. The molecule has 1 aliphatic heterocycles. The van der Waals surface area contributed by atoms with E-state index < -0.39 is 0 Å². The highest BCUT2D eigenvalue weighted by atomic mass is 35.5. The van der Waals surface area contributed by atoms with Crippen LogP contribution in [0.3, 0.4) is 0 Å². The fourth-order valence-electron chi connectivity index (χ4n) is 3.86. The number of rotatable bonds is 5. The number of aryl methyl sites for hydroxylation is 1.